The van der Waals surface area contributed by atoms with Gasteiger partial charge in [-0.1, -0.05) is 15.9 Å². The second kappa shape index (κ2) is 5.03. The molecule has 0 saturated carbocycles. The van der Waals surface area contributed by atoms with E-state index in [1.165, 1.54) is 13.2 Å². The van der Waals surface area contributed by atoms with Crippen LogP contribution in [0, 0.1) is 11.3 Å². The third-order valence-electron chi connectivity index (χ3n) is 1.74. The van der Waals surface area contributed by atoms with Crippen LogP contribution in [0.2, 0.25) is 0 Å². The molecule has 0 atom stereocenters. The van der Waals surface area contributed by atoms with Crippen LogP contribution >= 0.6 is 15.9 Å². The van der Waals surface area contributed by atoms with Gasteiger partial charge in [0.15, 0.2) is 0 Å². The van der Waals surface area contributed by atoms with Crippen LogP contribution < -0.4 is 4.74 Å². The van der Waals surface area contributed by atoms with E-state index in [0.717, 1.165) is 0 Å². The minimum Gasteiger partial charge on any atom is -0.481 e. The zero-order chi connectivity index (χ0) is 11.4. The molecule has 0 aliphatic rings. The zero-order valence-electron chi connectivity index (χ0n) is 7.80. The predicted octanol–water partition coefficient (Wildman–Crippen LogP) is 2.86. The largest absolute Gasteiger partial charge is 0.481 e. The minimum absolute atomic E-state index is 0.0405. The lowest BCUT2D eigenvalue weighted by Gasteiger charge is -2.09. The molecule has 1 heterocycles. The first-order chi connectivity index (χ1) is 7.10. The lowest BCUT2D eigenvalue weighted by atomic mass is 10.1. The van der Waals surface area contributed by atoms with Gasteiger partial charge in [-0.2, -0.15) is 5.26 Å². The van der Waals surface area contributed by atoms with Crippen molar-refractivity contribution < 1.29 is 13.5 Å². The molecule has 0 aliphatic heterocycles. The highest BCUT2D eigenvalue weighted by Gasteiger charge is 2.19. The molecule has 0 spiro atoms. The number of ether oxygens (including phenoxy) is 1. The van der Waals surface area contributed by atoms with Crippen LogP contribution in [0.1, 0.15) is 17.7 Å². The summed E-state index contributed by atoms with van der Waals surface area (Å²) in [7, 11) is 1.38. The Morgan fingerprint density at radius 1 is 1.67 bits per heavy atom. The van der Waals surface area contributed by atoms with Gasteiger partial charge in [0.2, 0.25) is 5.88 Å². The Kier molecular flexibility index (Phi) is 3.97. The maximum Gasteiger partial charge on any atom is 0.266 e. The number of nitrogens with zero attached hydrogens (tertiary/aromatic N) is 2. The van der Waals surface area contributed by atoms with Gasteiger partial charge in [0.05, 0.1) is 30.9 Å². The van der Waals surface area contributed by atoms with Crippen LogP contribution in [0.3, 0.4) is 0 Å². The summed E-state index contributed by atoms with van der Waals surface area (Å²) in [5.41, 5.74) is -0.212. The molecule has 15 heavy (non-hydrogen) atoms. The molecule has 80 valence electrons. The highest BCUT2D eigenvalue weighted by Crippen LogP contribution is 2.32. The van der Waals surface area contributed by atoms with Crippen molar-refractivity contribution in [3.8, 4) is 11.9 Å². The molecule has 0 amide bonds. The molecule has 1 aromatic heterocycles. The van der Waals surface area contributed by atoms with E-state index in [0.29, 0.717) is 0 Å². The molecule has 6 heteroatoms. The van der Waals surface area contributed by atoms with Gasteiger partial charge < -0.3 is 4.74 Å². The number of pyridine rings is 1. The van der Waals surface area contributed by atoms with E-state index in [4.69, 9.17) is 10.00 Å². The van der Waals surface area contributed by atoms with Gasteiger partial charge in [0.1, 0.15) is 0 Å². The van der Waals surface area contributed by atoms with Crippen molar-refractivity contribution in [2.24, 2.45) is 0 Å². The molecule has 0 unspecified atom stereocenters. The van der Waals surface area contributed by atoms with Gasteiger partial charge in [-0.05, 0) is 0 Å². The molecule has 0 N–H and O–H groups in total. The van der Waals surface area contributed by atoms with E-state index in [9.17, 15) is 8.78 Å². The van der Waals surface area contributed by atoms with Crippen molar-refractivity contribution in [2.45, 2.75) is 12.8 Å². The van der Waals surface area contributed by atoms with Crippen molar-refractivity contribution in [3.63, 3.8) is 0 Å². The van der Waals surface area contributed by atoms with Gasteiger partial charge >= 0.3 is 0 Å². The van der Waals surface area contributed by atoms with Crippen LogP contribution in [-0.4, -0.2) is 12.1 Å². The van der Waals surface area contributed by atoms with Gasteiger partial charge in [-0.3, -0.25) is 0 Å². The van der Waals surface area contributed by atoms with Crippen LogP contribution in [0.4, 0.5) is 8.78 Å². The van der Waals surface area contributed by atoms with E-state index >= 15 is 0 Å². The third kappa shape index (κ3) is 2.63. The van der Waals surface area contributed by atoms with Gasteiger partial charge in [0, 0.05) is 10.5 Å². The van der Waals surface area contributed by atoms with Gasteiger partial charge in [-0.15, -0.1) is 0 Å². The first kappa shape index (κ1) is 11.9. The van der Waals surface area contributed by atoms with Crippen molar-refractivity contribution in [3.05, 3.63) is 21.8 Å². The van der Waals surface area contributed by atoms with Crippen LogP contribution in [-0.2, 0) is 6.42 Å². The molecule has 1 aromatic rings. The predicted molar refractivity (Wildman–Crippen MR) is 52.8 cm³/mol. The number of halogens is 3. The summed E-state index contributed by atoms with van der Waals surface area (Å²) in [6, 6.07) is 3.14. The van der Waals surface area contributed by atoms with E-state index < -0.39 is 6.43 Å². The Hall–Kier alpha value is -1.22. The molecule has 0 aliphatic carbocycles. The average molecular weight is 277 g/mol. The fourth-order valence-electron chi connectivity index (χ4n) is 1.09. The van der Waals surface area contributed by atoms with Gasteiger partial charge in [-0.25, -0.2) is 13.8 Å². The van der Waals surface area contributed by atoms with E-state index in [1.807, 2.05) is 0 Å². The third-order valence-corrected chi connectivity index (χ3v) is 2.39. The second-order valence-electron chi connectivity index (χ2n) is 2.64. The topological polar surface area (TPSA) is 45.9 Å². The summed E-state index contributed by atoms with van der Waals surface area (Å²) in [6.45, 7) is 0. The summed E-state index contributed by atoms with van der Waals surface area (Å²) in [5.74, 6) is 0.205. The second-order valence-corrected chi connectivity index (χ2v) is 3.50. The molecule has 0 fully saturated rings. The molecule has 1 rings (SSSR count). The Bertz CT molecular complexity index is 404. The summed E-state index contributed by atoms with van der Waals surface area (Å²) in [6.07, 6.45) is -2.84. The summed E-state index contributed by atoms with van der Waals surface area (Å²) < 4.78 is 30.3. The highest BCUT2D eigenvalue weighted by atomic mass is 79.9. The number of hydrogen-bond donors (Lipinski definition) is 0. The van der Waals surface area contributed by atoms with Crippen molar-refractivity contribution in [1.82, 2.24) is 4.98 Å². The Morgan fingerprint density at radius 2 is 2.33 bits per heavy atom. The Morgan fingerprint density at radius 3 is 2.80 bits per heavy atom. The minimum atomic E-state index is -2.67. The monoisotopic (exact) mass is 276 g/mol. The van der Waals surface area contributed by atoms with Crippen molar-refractivity contribution >= 4 is 15.9 Å². The quantitative estimate of drug-likeness (QED) is 0.853. The SMILES string of the molecule is COc1cc(Br)c(C(F)F)c(CC#N)n1. The Labute approximate surface area is 93.8 Å². The number of aromatic nitrogens is 1. The fourth-order valence-corrected chi connectivity index (χ4v) is 1.69. The van der Waals surface area contributed by atoms with Crippen LogP contribution in [0.5, 0.6) is 5.88 Å². The number of alkyl halides is 2. The fraction of sp³-hybridized carbons (Fsp3) is 0.333. The zero-order valence-corrected chi connectivity index (χ0v) is 9.38. The first-order valence-corrected chi connectivity index (χ1v) is 4.77. The van der Waals surface area contributed by atoms with Crippen molar-refractivity contribution in [1.29, 1.82) is 5.26 Å². The molecular weight excluding hydrogens is 270 g/mol. The average Bonchev–Trinajstić information content (AvgIpc) is 2.16. The van der Waals surface area contributed by atoms with Crippen molar-refractivity contribution in [2.75, 3.05) is 7.11 Å². The number of nitriles is 1. The summed E-state index contributed by atoms with van der Waals surface area (Å²) >= 11 is 3.00. The highest BCUT2D eigenvalue weighted by molar-refractivity contribution is 9.10. The maximum absolute atomic E-state index is 12.6. The number of methoxy groups -OCH3 is 1. The van der Waals surface area contributed by atoms with E-state index in [1.54, 1.807) is 6.07 Å². The number of hydrogen-bond acceptors (Lipinski definition) is 3. The van der Waals surface area contributed by atoms with E-state index in [2.05, 4.69) is 20.9 Å². The standard InChI is InChI=1S/C9H7BrF2N2O/c1-15-7-4-5(10)8(9(11)12)6(14-7)2-3-13/h4,9H,2H2,1H3. The molecule has 0 radical (unpaired) electrons. The maximum atomic E-state index is 12.6. The lowest BCUT2D eigenvalue weighted by Crippen LogP contribution is -2.01. The van der Waals surface area contributed by atoms with Crippen LogP contribution in [0.15, 0.2) is 10.5 Å². The van der Waals surface area contributed by atoms with Gasteiger partial charge in [0.25, 0.3) is 6.43 Å². The van der Waals surface area contributed by atoms with E-state index in [-0.39, 0.29) is 28.0 Å². The molecular formula is C9H7BrF2N2O. The molecule has 0 saturated heterocycles. The molecule has 0 bridgehead atoms. The first-order valence-electron chi connectivity index (χ1n) is 3.98. The molecule has 0 aromatic carbocycles. The normalized spacial score (nSPS) is 10.1. The Balaban J connectivity index is 3.30. The number of rotatable bonds is 3. The summed E-state index contributed by atoms with van der Waals surface area (Å²) in [4.78, 5) is 3.81. The lowest BCUT2D eigenvalue weighted by molar-refractivity contribution is 0.148. The summed E-state index contributed by atoms with van der Waals surface area (Å²) in [5, 5.41) is 8.49. The molecule has 3 nitrogen and oxygen atoms in total. The smallest absolute Gasteiger partial charge is 0.266 e. The van der Waals surface area contributed by atoms with Crippen LogP contribution in [0.25, 0.3) is 0 Å².